The molecular weight excluding hydrogens is 176 g/mol. The molecule has 0 radical (unpaired) electrons. The molecule has 0 amide bonds. The number of nitrogen functional groups attached to an aromatic ring is 1. The van der Waals surface area contributed by atoms with E-state index in [-0.39, 0.29) is 17.8 Å². The number of hydrogen-bond donors (Lipinski definition) is 1. The molecule has 0 spiro atoms. The van der Waals surface area contributed by atoms with Crippen LogP contribution < -0.4 is 10.5 Å². The zero-order valence-corrected chi connectivity index (χ0v) is 7.14. The SMILES string of the molecule is COC(=O)c1nc(N)nc(OC)n1. The maximum Gasteiger partial charge on any atom is 0.376 e. The molecule has 0 bridgehead atoms. The molecule has 0 aliphatic rings. The number of esters is 1. The summed E-state index contributed by atoms with van der Waals surface area (Å²) in [7, 11) is 2.57. The van der Waals surface area contributed by atoms with Crippen molar-refractivity contribution in [3.8, 4) is 6.01 Å². The summed E-state index contributed by atoms with van der Waals surface area (Å²) in [5.41, 5.74) is 5.28. The van der Waals surface area contributed by atoms with Crippen molar-refractivity contribution in [2.24, 2.45) is 0 Å². The number of carbonyl (C=O) groups is 1. The first-order valence-corrected chi connectivity index (χ1v) is 3.31. The van der Waals surface area contributed by atoms with E-state index in [1.165, 1.54) is 14.2 Å². The van der Waals surface area contributed by atoms with Crippen LogP contribution in [-0.4, -0.2) is 35.1 Å². The first kappa shape index (κ1) is 9.17. The molecule has 0 atom stereocenters. The van der Waals surface area contributed by atoms with Crippen LogP contribution in [0, 0.1) is 0 Å². The molecule has 1 aromatic heterocycles. The molecule has 1 heterocycles. The smallest absolute Gasteiger partial charge is 0.376 e. The number of carbonyl (C=O) groups excluding carboxylic acids is 1. The molecular formula is C6H8N4O3. The third kappa shape index (κ3) is 2.01. The van der Waals surface area contributed by atoms with Crippen molar-refractivity contribution in [2.75, 3.05) is 20.0 Å². The lowest BCUT2D eigenvalue weighted by atomic mass is 10.6. The number of methoxy groups -OCH3 is 2. The van der Waals surface area contributed by atoms with Crippen molar-refractivity contribution >= 4 is 11.9 Å². The third-order valence-electron chi connectivity index (χ3n) is 1.18. The van der Waals surface area contributed by atoms with Crippen molar-refractivity contribution in [2.45, 2.75) is 0 Å². The topological polar surface area (TPSA) is 100 Å². The summed E-state index contributed by atoms with van der Waals surface area (Å²) in [6.45, 7) is 0. The van der Waals surface area contributed by atoms with Gasteiger partial charge in [-0.1, -0.05) is 0 Å². The molecule has 70 valence electrons. The lowest BCUT2D eigenvalue weighted by Gasteiger charge is -2.00. The van der Waals surface area contributed by atoms with Gasteiger partial charge in [0.15, 0.2) is 0 Å². The van der Waals surface area contributed by atoms with Crippen LogP contribution in [-0.2, 0) is 4.74 Å². The van der Waals surface area contributed by atoms with Crippen LogP contribution in [0.5, 0.6) is 6.01 Å². The molecule has 0 aromatic carbocycles. The van der Waals surface area contributed by atoms with Crippen molar-refractivity contribution in [1.29, 1.82) is 0 Å². The number of hydrogen-bond acceptors (Lipinski definition) is 7. The second kappa shape index (κ2) is 3.65. The molecule has 2 N–H and O–H groups in total. The van der Waals surface area contributed by atoms with Gasteiger partial charge in [0, 0.05) is 0 Å². The normalized spacial score (nSPS) is 9.38. The van der Waals surface area contributed by atoms with E-state index in [9.17, 15) is 4.79 Å². The molecule has 1 aromatic rings. The Kier molecular flexibility index (Phi) is 2.58. The van der Waals surface area contributed by atoms with Crippen LogP contribution in [0.4, 0.5) is 5.95 Å². The highest BCUT2D eigenvalue weighted by Crippen LogP contribution is 2.04. The zero-order chi connectivity index (χ0) is 9.84. The van der Waals surface area contributed by atoms with Gasteiger partial charge in [0.05, 0.1) is 14.2 Å². The van der Waals surface area contributed by atoms with Crippen LogP contribution in [0.15, 0.2) is 0 Å². The average Bonchev–Trinajstić information content (AvgIpc) is 2.15. The first-order chi connectivity index (χ1) is 6.17. The maximum absolute atomic E-state index is 10.9. The van der Waals surface area contributed by atoms with E-state index in [1.807, 2.05) is 0 Å². The van der Waals surface area contributed by atoms with E-state index in [4.69, 9.17) is 5.73 Å². The lowest BCUT2D eigenvalue weighted by molar-refractivity contribution is 0.0585. The van der Waals surface area contributed by atoms with Gasteiger partial charge in [-0.3, -0.25) is 0 Å². The van der Waals surface area contributed by atoms with Crippen LogP contribution >= 0.6 is 0 Å². The lowest BCUT2D eigenvalue weighted by Crippen LogP contribution is -2.11. The van der Waals surface area contributed by atoms with Crippen LogP contribution in [0.2, 0.25) is 0 Å². The Morgan fingerprint density at radius 3 is 2.54 bits per heavy atom. The highest BCUT2D eigenvalue weighted by molar-refractivity contribution is 5.85. The van der Waals surface area contributed by atoms with Gasteiger partial charge in [-0.15, -0.1) is 0 Å². The van der Waals surface area contributed by atoms with Gasteiger partial charge in [-0.05, 0) is 0 Å². The minimum atomic E-state index is -0.688. The molecule has 7 nitrogen and oxygen atoms in total. The summed E-state index contributed by atoms with van der Waals surface area (Å²) in [5, 5.41) is 0. The fraction of sp³-hybridized carbons (Fsp3) is 0.333. The van der Waals surface area contributed by atoms with E-state index in [2.05, 4.69) is 24.4 Å². The Hall–Kier alpha value is -1.92. The zero-order valence-electron chi connectivity index (χ0n) is 7.14. The summed E-state index contributed by atoms with van der Waals surface area (Å²) in [5.74, 6) is -0.952. The van der Waals surface area contributed by atoms with Crippen molar-refractivity contribution in [1.82, 2.24) is 15.0 Å². The number of nitrogens with zero attached hydrogens (tertiary/aromatic N) is 3. The fourth-order valence-electron chi connectivity index (χ4n) is 0.646. The number of rotatable bonds is 2. The average molecular weight is 184 g/mol. The summed E-state index contributed by atoms with van der Waals surface area (Å²) in [6, 6.07) is -0.0205. The molecule has 0 fully saturated rings. The predicted octanol–water partition coefficient (Wildman–Crippen LogP) is -0.751. The predicted molar refractivity (Wildman–Crippen MR) is 42.1 cm³/mol. The number of aromatic nitrogens is 3. The molecule has 7 heteroatoms. The van der Waals surface area contributed by atoms with Gasteiger partial charge in [0.25, 0.3) is 0 Å². The minimum absolute atomic E-state index is 0.0205. The fourth-order valence-corrected chi connectivity index (χ4v) is 0.646. The first-order valence-electron chi connectivity index (χ1n) is 3.31. The number of anilines is 1. The molecule has 0 saturated heterocycles. The standard InChI is InChI=1S/C6H8N4O3/c1-12-4(11)3-8-5(7)10-6(9-3)13-2/h1-2H3,(H2,7,8,9,10). The summed E-state index contributed by atoms with van der Waals surface area (Å²) >= 11 is 0. The van der Waals surface area contributed by atoms with Gasteiger partial charge < -0.3 is 15.2 Å². The molecule has 0 aliphatic heterocycles. The van der Waals surface area contributed by atoms with Gasteiger partial charge in [0.1, 0.15) is 0 Å². The van der Waals surface area contributed by atoms with Crippen LogP contribution in [0.1, 0.15) is 10.6 Å². The summed E-state index contributed by atoms with van der Waals surface area (Å²) in [6.07, 6.45) is 0. The maximum atomic E-state index is 10.9. The van der Waals surface area contributed by atoms with Crippen molar-refractivity contribution < 1.29 is 14.3 Å². The highest BCUT2D eigenvalue weighted by Gasteiger charge is 2.12. The quantitative estimate of drug-likeness (QED) is 0.603. The van der Waals surface area contributed by atoms with Crippen LogP contribution in [0.25, 0.3) is 0 Å². The Balaban J connectivity index is 3.08. The Morgan fingerprint density at radius 2 is 2.00 bits per heavy atom. The van der Waals surface area contributed by atoms with Gasteiger partial charge in [-0.2, -0.15) is 15.0 Å². The third-order valence-corrected chi connectivity index (χ3v) is 1.18. The Labute approximate surface area is 73.9 Å². The van der Waals surface area contributed by atoms with E-state index in [0.717, 1.165) is 0 Å². The van der Waals surface area contributed by atoms with Crippen molar-refractivity contribution in [3.63, 3.8) is 0 Å². The van der Waals surface area contributed by atoms with E-state index in [0.29, 0.717) is 0 Å². The molecule has 0 aliphatic carbocycles. The monoisotopic (exact) mass is 184 g/mol. The van der Waals surface area contributed by atoms with E-state index in [1.54, 1.807) is 0 Å². The summed E-state index contributed by atoms with van der Waals surface area (Å²) < 4.78 is 9.07. The molecule has 1 rings (SSSR count). The molecule has 0 unspecified atom stereocenters. The second-order valence-corrected chi connectivity index (χ2v) is 2.00. The van der Waals surface area contributed by atoms with Gasteiger partial charge >= 0.3 is 12.0 Å². The van der Waals surface area contributed by atoms with Crippen molar-refractivity contribution in [3.05, 3.63) is 5.82 Å². The molecule has 13 heavy (non-hydrogen) atoms. The largest absolute Gasteiger partial charge is 0.467 e. The Morgan fingerprint density at radius 1 is 1.31 bits per heavy atom. The van der Waals surface area contributed by atoms with Crippen LogP contribution in [0.3, 0.4) is 0 Å². The minimum Gasteiger partial charge on any atom is -0.467 e. The van der Waals surface area contributed by atoms with E-state index >= 15 is 0 Å². The van der Waals surface area contributed by atoms with Gasteiger partial charge in [-0.25, -0.2) is 4.79 Å². The highest BCUT2D eigenvalue weighted by atomic mass is 16.5. The Bertz CT molecular complexity index is 328. The second-order valence-electron chi connectivity index (χ2n) is 2.00. The number of nitrogens with two attached hydrogens (primary N) is 1. The number of ether oxygens (including phenoxy) is 2. The molecule has 0 saturated carbocycles. The van der Waals surface area contributed by atoms with Gasteiger partial charge in [0.2, 0.25) is 11.8 Å². The van der Waals surface area contributed by atoms with E-state index < -0.39 is 5.97 Å². The summed E-state index contributed by atoms with van der Waals surface area (Å²) in [4.78, 5) is 21.7.